The van der Waals surface area contributed by atoms with Crippen LogP contribution < -0.4 is 0 Å². The molecule has 0 unspecified atom stereocenters. The summed E-state index contributed by atoms with van der Waals surface area (Å²) >= 11 is 0. The summed E-state index contributed by atoms with van der Waals surface area (Å²) in [6.45, 7) is 0. The van der Waals surface area contributed by atoms with E-state index in [-0.39, 0.29) is 0 Å². The fourth-order valence-electron chi connectivity index (χ4n) is 0.779. The van der Waals surface area contributed by atoms with Gasteiger partial charge in [0.15, 0.2) is 0 Å². The van der Waals surface area contributed by atoms with Gasteiger partial charge in [0.25, 0.3) is 6.43 Å². The lowest BCUT2D eigenvalue weighted by atomic mass is 10.1. The zero-order valence-electron chi connectivity index (χ0n) is 6.20. The zero-order chi connectivity index (χ0) is 10.1. The van der Waals surface area contributed by atoms with Gasteiger partial charge < -0.3 is 0 Å². The van der Waals surface area contributed by atoms with E-state index in [2.05, 4.69) is 0 Å². The third-order valence-electron chi connectivity index (χ3n) is 1.36. The smallest absolute Gasteiger partial charge is 0.205 e. The molecule has 13 heavy (non-hydrogen) atoms. The summed E-state index contributed by atoms with van der Waals surface area (Å²) in [4.78, 5) is 0. The topological polar surface area (TPSA) is 0 Å². The molecule has 0 atom stereocenters. The van der Waals surface area contributed by atoms with Crippen molar-refractivity contribution in [1.82, 2.24) is 0 Å². The SMILES string of the molecule is FC(F)c1[c]c(C(F)(F)F)ccc1. The van der Waals surface area contributed by atoms with Gasteiger partial charge in [0.05, 0.1) is 5.56 Å². The predicted octanol–water partition coefficient (Wildman–Crippen LogP) is 3.44. The molecule has 71 valence electrons. The van der Waals surface area contributed by atoms with Crippen molar-refractivity contribution in [2.75, 3.05) is 0 Å². The molecule has 1 rings (SSSR count). The number of benzene rings is 1. The van der Waals surface area contributed by atoms with Crippen LogP contribution in [-0.4, -0.2) is 0 Å². The summed E-state index contributed by atoms with van der Waals surface area (Å²) in [6, 6.07) is 4.14. The minimum atomic E-state index is -4.62. The van der Waals surface area contributed by atoms with E-state index in [1.165, 1.54) is 0 Å². The molecule has 1 aromatic rings. The summed E-state index contributed by atoms with van der Waals surface area (Å²) in [5.41, 5.74) is -1.92. The normalized spacial score (nSPS) is 12.2. The molecular formula is C8H4F5. The number of halogens is 5. The molecule has 1 aromatic carbocycles. The van der Waals surface area contributed by atoms with Gasteiger partial charge >= 0.3 is 6.18 Å². The van der Waals surface area contributed by atoms with Gasteiger partial charge in [-0.2, -0.15) is 13.2 Å². The number of alkyl halides is 5. The van der Waals surface area contributed by atoms with E-state index in [0.717, 1.165) is 12.1 Å². The van der Waals surface area contributed by atoms with Gasteiger partial charge in [0.2, 0.25) is 0 Å². The van der Waals surface area contributed by atoms with Crippen LogP contribution in [0.4, 0.5) is 22.0 Å². The van der Waals surface area contributed by atoms with E-state index in [1.54, 1.807) is 6.07 Å². The summed E-state index contributed by atoms with van der Waals surface area (Å²) in [5.74, 6) is 0. The molecule has 0 bridgehead atoms. The molecule has 0 N–H and O–H groups in total. The Hall–Kier alpha value is -1.13. The van der Waals surface area contributed by atoms with Gasteiger partial charge in [-0.1, -0.05) is 12.1 Å². The van der Waals surface area contributed by atoms with Gasteiger partial charge in [0, 0.05) is 11.6 Å². The molecule has 0 aliphatic carbocycles. The van der Waals surface area contributed by atoms with Crippen LogP contribution in [-0.2, 0) is 6.18 Å². The summed E-state index contributed by atoms with van der Waals surface area (Å²) in [6.07, 6.45) is -7.55. The molecule has 0 heterocycles. The molecule has 0 spiro atoms. The first-order valence-electron chi connectivity index (χ1n) is 3.29. The van der Waals surface area contributed by atoms with Crippen LogP contribution in [0.15, 0.2) is 18.2 Å². The van der Waals surface area contributed by atoms with Crippen LogP contribution >= 0.6 is 0 Å². The van der Waals surface area contributed by atoms with Crippen molar-refractivity contribution in [3.8, 4) is 0 Å². The second-order valence-electron chi connectivity index (χ2n) is 2.32. The van der Waals surface area contributed by atoms with Gasteiger partial charge in [-0.15, -0.1) is 0 Å². The van der Waals surface area contributed by atoms with Crippen molar-refractivity contribution in [3.05, 3.63) is 35.4 Å². The highest BCUT2D eigenvalue weighted by atomic mass is 19.4. The zero-order valence-corrected chi connectivity index (χ0v) is 6.20. The third kappa shape index (κ3) is 2.40. The molecule has 0 saturated carbocycles. The van der Waals surface area contributed by atoms with Crippen molar-refractivity contribution < 1.29 is 22.0 Å². The molecule has 0 saturated heterocycles. The lowest BCUT2D eigenvalue weighted by Crippen LogP contribution is -2.05. The quantitative estimate of drug-likeness (QED) is 0.602. The molecule has 1 radical (unpaired) electrons. The monoisotopic (exact) mass is 195 g/mol. The fourth-order valence-corrected chi connectivity index (χ4v) is 0.779. The largest absolute Gasteiger partial charge is 0.417 e. The van der Waals surface area contributed by atoms with Crippen molar-refractivity contribution >= 4 is 0 Å². The highest BCUT2D eigenvalue weighted by Crippen LogP contribution is 2.30. The van der Waals surface area contributed by atoms with Gasteiger partial charge in [0.1, 0.15) is 0 Å². The van der Waals surface area contributed by atoms with E-state index in [4.69, 9.17) is 0 Å². The molecule has 5 heteroatoms. The van der Waals surface area contributed by atoms with Crippen molar-refractivity contribution in [2.24, 2.45) is 0 Å². The maximum Gasteiger partial charge on any atom is 0.417 e. The molecular weight excluding hydrogens is 191 g/mol. The second kappa shape index (κ2) is 3.32. The Morgan fingerprint density at radius 2 is 1.77 bits per heavy atom. The molecule has 0 aromatic heterocycles. The lowest BCUT2D eigenvalue weighted by Gasteiger charge is -2.06. The van der Waals surface area contributed by atoms with E-state index in [1.807, 2.05) is 0 Å². The van der Waals surface area contributed by atoms with Crippen LogP contribution in [0, 0.1) is 6.07 Å². The maximum absolute atomic E-state index is 12.0. The van der Waals surface area contributed by atoms with Crippen LogP contribution in [0.1, 0.15) is 17.6 Å². The van der Waals surface area contributed by atoms with Gasteiger partial charge in [-0.25, -0.2) is 8.78 Å². The van der Waals surface area contributed by atoms with Crippen molar-refractivity contribution in [1.29, 1.82) is 0 Å². The first kappa shape index (κ1) is 9.95. The Kier molecular flexibility index (Phi) is 2.54. The molecule has 0 aliphatic heterocycles. The fraction of sp³-hybridized carbons (Fsp3) is 0.250. The molecule has 0 fully saturated rings. The van der Waals surface area contributed by atoms with Crippen molar-refractivity contribution in [2.45, 2.75) is 12.6 Å². The Labute approximate surface area is 71.0 Å². The average molecular weight is 195 g/mol. The Balaban J connectivity index is 3.06. The Morgan fingerprint density at radius 3 is 2.23 bits per heavy atom. The Morgan fingerprint density at radius 1 is 1.15 bits per heavy atom. The van der Waals surface area contributed by atoms with E-state index in [9.17, 15) is 22.0 Å². The van der Waals surface area contributed by atoms with Gasteiger partial charge in [-0.05, 0) is 6.07 Å². The lowest BCUT2D eigenvalue weighted by molar-refractivity contribution is -0.137. The summed E-state index contributed by atoms with van der Waals surface area (Å²) in [5, 5.41) is 0. The highest BCUT2D eigenvalue weighted by molar-refractivity contribution is 5.24. The van der Waals surface area contributed by atoms with Crippen LogP contribution in [0.5, 0.6) is 0 Å². The predicted molar refractivity (Wildman–Crippen MR) is 35.2 cm³/mol. The van der Waals surface area contributed by atoms with E-state index >= 15 is 0 Å². The number of hydrogen-bond acceptors (Lipinski definition) is 0. The van der Waals surface area contributed by atoms with E-state index in [0.29, 0.717) is 6.07 Å². The third-order valence-corrected chi connectivity index (χ3v) is 1.36. The van der Waals surface area contributed by atoms with Crippen LogP contribution in [0.3, 0.4) is 0 Å². The first-order chi connectivity index (χ1) is 5.91. The average Bonchev–Trinajstić information content (AvgIpc) is 2.03. The maximum atomic E-state index is 12.0. The van der Waals surface area contributed by atoms with Gasteiger partial charge in [-0.3, -0.25) is 0 Å². The van der Waals surface area contributed by atoms with Crippen LogP contribution in [0.25, 0.3) is 0 Å². The second-order valence-corrected chi connectivity index (χ2v) is 2.32. The summed E-state index contributed by atoms with van der Waals surface area (Å²) in [7, 11) is 0. The summed E-state index contributed by atoms with van der Waals surface area (Å²) < 4.78 is 59.7. The minimum absolute atomic E-state index is 0.700. The molecule has 0 nitrogen and oxygen atoms in total. The van der Waals surface area contributed by atoms with E-state index < -0.39 is 23.7 Å². The minimum Gasteiger partial charge on any atom is -0.205 e. The molecule has 0 aliphatic rings. The highest BCUT2D eigenvalue weighted by Gasteiger charge is 2.31. The standard InChI is InChI=1S/C8H4F5/c9-7(10)5-2-1-3-6(4-5)8(11,12)13/h1-3,7H. The first-order valence-corrected chi connectivity index (χ1v) is 3.29. The number of hydrogen-bond donors (Lipinski definition) is 0. The number of rotatable bonds is 1. The Bertz CT molecular complexity index is 289. The molecule has 0 amide bonds. The van der Waals surface area contributed by atoms with Crippen LogP contribution in [0.2, 0.25) is 0 Å². The van der Waals surface area contributed by atoms with Crippen molar-refractivity contribution in [3.63, 3.8) is 0 Å².